The van der Waals surface area contributed by atoms with Crippen molar-refractivity contribution in [3.8, 4) is 0 Å². The van der Waals surface area contributed by atoms with Crippen LogP contribution in [0.4, 0.5) is 0 Å². The molecule has 6 nitrogen and oxygen atoms in total. The number of carbonyl (C=O) groups is 2. The first kappa shape index (κ1) is 14.3. The summed E-state index contributed by atoms with van der Waals surface area (Å²) >= 11 is 0. The summed E-state index contributed by atoms with van der Waals surface area (Å²) in [6.07, 6.45) is 0.838. The van der Waals surface area contributed by atoms with Crippen LogP contribution in [0.5, 0.6) is 0 Å². The predicted octanol–water partition coefficient (Wildman–Crippen LogP) is -0.00970. The molecule has 2 aliphatic heterocycles. The van der Waals surface area contributed by atoms with Crippen LogP contribution in [0.1, 0.15) is 19.8 Å². The highest BCUT2D eigenvalue weighted by atomic mass is 32.2. The van der Waals surface area contributed by atoms with Crippen LogP contribution >= 0.6 is 0 Å². The van der Waals surface area contributed by atoms with Gasteiger partial charge in [0.1, 0.15) is 0 Å². The number of sulfone groups is 1. The van der Waals surface area contributed by atoms with E-state index in [1.165, 1.54) is 0 Å². The highest BCUT2D eigenvalue weighted by Gasteiger charge is 2.38. The van der Waals surface area contributed by atoms with Gasteiger partial charge in [-0.3, -0.25) is 9.59 Å². The number of hydrogen-bond donors (Lipinski definition) is 1. The molecule has 0 aromatic carbocycles. The number of amides is 1. The summed E-state index contributed by atoms with van der Waals surface area (Å²) in [5.74, 6) is -1.06. The van der Waals surface area contributed by atoms with E-state index < -0.39 is 21.7 Å². The molecular weight excluding hydrogens is 270 g/mol. The number of aliphatic carboxylic acids is 1. The summed E-state index contributed by atoms with van der Waals surface area (Å²) < 4.78 is 22.6. The third kappa shape index (κ3) is 3.26. The maximum atomic E-state index is 11.9. The summed E-state index contributed by atoms with van der Waals surface area (Å²) in [4.78, 5) is 24.3. The Morgan fingerprint density at radius 1 is 1.37 bits per heavy atom. The predicted molar refractivity (Wildman–Crippen MR) is 68.2 cm³/mol. The maximum Gasteiger partial charge on any atom is 0.306 e. The molecule has 2 saturated heterocycles. The zero-order chi connectivity index (χ0) is 14.2. The van der Waals surface area contributed by atoms with Crippen LogP contribution < -0.4 is 0 Å². The minimum Gasteiger partial charge on any atom is -0.481 e. The minimum atomic E-state index is -2.94. The third-order valence-corrected chi connectivity index (χ3v) is 5.99. The smallest absolute Gasteiger partial charge is 0.306 e. The fraction of sp³-hybridized carbons (Fsp3) is 0.833. The zero-order valence-corrected chi connectivity index (χ0v) is 11.7. The van der Waals surface area contributed by atoms with Crippen LogP contribution in [-0.2, 0) is 19.4 Å². The Labute approximate surface area is 112 Å². The Kier molecular flexibility index (Phi) is 3.85. The number of hydrogen-bond acceptors (Lipinski definition) is 4. The van der Waals surface area contributed by atoms with Crippen LogP contribution in [0.3, 0.4) is 0 Å². The molecule has 0 bridgehead atoms. The molecule has 0 spiro atoms. The number of likely N-dealkylation sites (tertiary alicyclic amines) is 1. The van der Waals surface area contributed by atoms with Gasteiger partial charge in [-0.05, 0) is 12.3 Å². The van der Waals surface area contributed by atoms with Crippen molar-refractivity contribution in [2.24, 2.45) is 17.8 Å². The van der Waals surface area contributed by atoms with E-state index in [1.54, 1.807) is 11.8 Å². The molecule has 2 atom stereocenters. The molecule has 2 fully saturated rings. The summed E-state index contributed by atoms with van der Waals surface area (Å²) in [5, 5.41) is 8.86. The average Bonchev–Trinajstić information content (AvgIpc) is 2.55. The van der Waals surface area contributed by atoms with E-state index in [4.69, 9.17) is 5.11 Å². The highest BCUT2D eigenvalue weighted by molar-refractivity contribution is 7.91. The van der Waals surface area contributed by atoms with Crippen LogP contribution in [0.25, 0.3) is 0 Å². The van der Waals surface area contributed by atoms with E-state index in [0.717, 1.165) is 0 Å². The fourth-order valence-corrected chi connectivity index (χ4v) is 4.51. The maximum absolute atomic E-state index is 11.9. The van der Waals surface area contributed by atoms with Crippen molar-refractivity contribution in [1.29, 1.82) is 0 Å². The Morgan fingerprint density at radius 2 is 2.00 bits per heavy atom. The van der Waals surface area contributed by atoms with Gasteiger partial charge < -0.3 is 10.0 Å². The van der Waals surface area contributed by atoms with E-state index in [1.807, 2.05) is 0 Å². The molecule has 108 valence electrons. The second-order valence-corrected chi connectivity index (χ2v) is 7.89. The van der Waals surface area contributed by atoms with Gasteiger partial charge in [0.25, 0.3) is 0 Å². The van der Waals surface area contributed by atoms with Gasteiger partial charge in [-0.2, -0.15) is 0 Å². The van der Waals surface area contributed by atoms with Gasteiger partial charge in [-0.25, -0.2) is 8.42 Å². The topological polar surface area (TPSA) is 91.8 Å². The van der Waals surface area contributed by atoms with E-state index in [-0.39, 0.29) is 35.7 Å². The van der Waals surface area contributed by atoms with Gasteiger partial charge in [0.2, 0.25) is 5.91 Å². The molecule has 0 radical (unpaired) electrons. The first-order chi connectivity index (χ1) is 8.78. The van der Waals surface area contributed by atoms with Crippen molar-refractivity contribution in [3.63, 3.8) is 0 Å². The molecule has 0 aliphatic carbocycles. The van der Waals surface area contributed by atoms with Crippen molar-refractivity contribution in [3.05, 3.63) is 0 Å². The highest BCUT2D eigenvalue weighted by Crippen LogP contribution is 2.27. The van der Waals surface area contributed by atoms with E-state index in [2.05, 4.69) is 0 Å². The lowest BCUT2D eigenvalue weighted by atomic mass is 9.86. The van der Waals surface area contributed by atoms with Crippen molar-refractivity contribution in [1.82, 2.24) is 4.90 Å². The van der Waals surface area contributed by atoms with Crippen molar-refractivity contribution in [2.75, 3.05) is 24.6 Å². The monoisotopic (exact) mass is 289 g/mol. The third-order valence-electron chi connectivity index (χ3n) is 4.15. The van der Waals surface area contributed by atoms with Crippen LogP contribution in [0.2, 0.25) is 0 Å². The van der Waals surface area contributed by atoms with Gasteiger partial charge in [0.15, 0.2) is 9.84 Å². The molecule has 1 N–H and O–H groups in total. The van der Waals surface area contributed by atoms with Gasteiger partial charge in [-0.1, -0.05) is 6.92 Å². The van der Waals surface area contributed by atoms with Crippen molar-refractivity contribution >= 4 is 21.7 Å². The lowest BCUT2D eigenvalue weighted by molar-refractivity contribution is -0.150. The van der Waals surface area contributed by atoms with Crippen molar-refractivity contribution in [2.45, 2.75) is 19.8 Å². The lowest BCUT2D eigenvalue weighted by Crippen LogP contribution is -2.53. The summed E-state index contributed by atoms with van der Waals surface area (Å²) in [5.41, 5.74) is 0. The number of carboxylic acids is 1. The molecule has 2 aliphatic rings. The molecule has 19 heavy (non-hydrogen) atoms. The first-order valence-electron chi connectivity index (χ1n) is 6.49. The van der Waals surface area contributed by atoms with Crippen LogP contribution in [0, 0.1) is 17.8 Å². The molecule has 2 heterocycles. The Hall–Kier alpha value is -1.11. The number of nitrogens with zero attached hydrogens (tertiary/aromatic N) is 1. The average molecular weight is 289 g/mol. The minimum absolute atomic E-state index is 0.0220. The molecule has 0 aromatic rings. The quantitative estimate of drug-likeness (QED) is 0.786. The first-order valence-corrected chi connectivity index (χ1v) is 8.31. The number of carbonyl (C=O) groups excluding carboxylic acids is 1. The van der Waals surface area contributed by atoms with Crippen LogP contribution in [0.15, 0.2) is 0 Å². The van der Waals surface area contributed by atoms with Crippen molar-refractivity contribution < 1.29 is 23.1 Å². The van der Waals surface area contributed by atoms with Gasteiger partial charge in [-0.15, -0.1) is 0 Å². The molecule has 2 unspecified atom stereocenters. The second kappa shape index (κ2) is 5.11. The van der Waals surface area contributed by atoms with Gasteiger partial charge >= 0.3 is 5.97 Å². The molecule has 2 rings (SSSR count). The number of rotatable bonds is 4. The van der Waals surface area contributed by atoms with Gasteiger partial charge in [0.05, 0.1) is 17.4 Å². The lowest BCUT2D eigenvalue weighted by Gasteiger charge is -2.41. The molecular formula is C12H19NO5S. The normalized spacial score (nSPS) is 27.8. The second-order valence-electron chi connectivity index (χ2n) is 5.66. The molecule has 7 heteroatoms. The Balaban J connectivity index is 1.77. The summed E-state index contributed by atoms with van der Waals surface area (Å²) in [6.45, 7) is 2.61. The van der Waals surface area contributed by atoms with Crippen LogP contribution in [-0.4, -0.2) is 54.9 Å². The SMILES string of the molecule is CC(C(=O)O)C1CN(C(=O)CC2CCS(=O)(=O)C2)C1. The Bertz CT molecular complexity index is 480. The van der Waals surface area contributed by atoms with E-state index in [9.17, 15) is 18.0 Å². The van der Waals surface area contributed by atoms with E-state index >= 15 is 0 Å². The summed E-state index contributed by atoms with van der Waals surface area (Å²) in [7, 11) is -2.94. The molecule has 1 amide bonds. The zero-order valence-electron chi connectivity index (χ0n) is 10.9. The fourth-order valence-electron chi connectivity index (χ4n) is 2.64. The van der Waals surface area contributed by atoms with Gasteiger partial charge in [0, 0.05) is 25.4 Å². The summed E-state index contributed by atoms with van der Waals surface area (Å²) in [6, 6.07) is 0. The largest absolute Gasteiger partial charge is 0.481 e. The molecule has 0 aromatic heterocycles. The molecule has 0 saturated carbocycles. The standard InChI is InChI=1S/C12H19NO5S/c1-8(12(15)16)10-5-13(6-10)11(14)4-9-2-3-19(17,18)7-9/h8-10H,2-7H2,1H3,(H,15,16). The number of carboxylic acid groups (broad SMARTS) is 1. The Morgan fingerprint density at radius 3 is 2.47 bits per heavy atom. The van der Waals surface area contributed by atoms with E-state index in [0.29, 0.717) is 19.5 Å².